The molecule has 2 unspecified atom stereocenters. The number of hydrogen-bond donors (Lipinski definition) is 3. The molecule has 33 heavy (non-hydrogen) atoms. The Hall–Kier alpha value is -1.99. The molecule has 0 radical (unpaired) electrons. The lowest BCUT2D eigenvalue weighted by Crippen LogP contribution is -2.65. The van der Waals surface area contributed by atoms with E-state index < -0.39 is 15.7 Å². The van der Waals surface area contributed by atoms with Crippen molar-refractivity contribution in [3.63, 3.8) is 0 Å². The second kappa shape index (κ2) is 8.99. The van der Waals surface area contributed by atoms with Crippen LogP contribution in [0.4, 0.5) is 0 Å². The minimum absolute atomic E-state index is 0.0278. The second-order valence-electron chi connectivity index (χ2n) is 10.4. The molecule has 5 aliphatic rings. The summed E-state index contributed by atoms with van der Waals surface area (Å²) in [6.07, 6.45) is 7.87. The molecule has 180 valence electrons. The van der Waals surface area contributed by atoms with E-state index in [2.05, 4.69) is 11.4 Å². The van der Waals surface area contributed by atoms with Crippen LogP contribution < -0.4 is 5.32 Å². The Kier molecular flexibility index (Phi) is 6.58. The fourth-order valence-electron chi connectivity index (χ4n) is 6.83. The third-order valence-electron chi connectivity index (χ3n) is 7.74. The number of aryl methyl sites for hydroxylation is 1. The number of benzene rings is 1. The first-order chi connectivity index (χ1) is 15.5. The van der Waals surface area contributed by atoms with Gasteiger partial charge < -0.3 is 15.3 Å². The average Bonchev–Trinajstić information content (AvgIpc) is 3.19. The summed E-state index contributed by atoms with van der Waals surface area (Å²) in [6, 6.07) is 8.26. The highest BCUT2D eigenvalue weighted by molar-refractivity contribution is 7.85. The molecule has 1 heterocycles. The number of nitrogens with zero attached hydrogens (tertiary/aromatic N) is 2. The van der Waals surface area contributed by atoms with E-state index in [-0.39, 0.29) is 22.4 Å². The third kappa shape index (κ3) is 5.24. The summed E-state index contributed by atoms with van der Waals surface area (Å²) in [5, 5.41) is 23.4. The average molecular weight is 476 g/mol. The van der Waals surface area contributed by atoms with Crippen molar-refractivity contribution in [2.24, 2.45) is 11.8 Å². The summed E-state index contributed by atoms with van der Waals surface area (Å²) in [5.74, 6) is 1.28. The summed E-state index contributed by atoms with van der Waals surface area (Å²) < 4.78 is 29.9. The highest BCUT2D eigenvalue weighted by atomic mass is 32.2. The molecular formula is C24H33N3O5S. The molecule has 4 aliphatic carbocycles. The van der Waals surface area contributed by atoms with Crippen LogP contribution in [-0.4, -0.2) is 59.2 Å². The highest BCUT2D eigenvalue weighted by Gasteiger charge is 2.57. The van der Waals surface area contributed by atoms with Gasteiger partial charge in [-0.1, -0.05) is 18.2 Å². The zero-order chi connectivity index (χ0) is 23.9. The summed E-state index contributed by atoms with van der Waals surface area (Å²) in [4.78, 5) is 14.1. The fraction of sp³-hybridized carbons (Fsp3) is 0.667. The first-order valence-electron chi connectivity index (χ1n) is 11.7. The Bertz CT molecular complexity index is 1040. The maximum Gasteiger partial charge on any atom is 0.294 e. The Morgan fingerprint density at radius 1 is 1.24 bits per heavy atom. The van der Waals surface area contributed by atoms with Gasteiger partial charge in [-0.2, -0.15) is 13.7 Å². The highest BCUT2D eigenvalue weighted by Crippen LogP contribution is 2.57. The summed E-state index contributed by atoms with van der Waals surface area (Å²) in [7, 11) is -4.03. The van der Waals surface area contributed by atoms with Gasteiger partial charge in [-0.3, -0.25) is 9.35 Å². The molecule has 3 atom stereocenters. The predicted molar refractivity (Wildman–Crippen MR) is 122 cm³/mol. The normalized spacial score (nSPS) is 34.5. The van der Waals surface area contributed by atoms with Gasteiger partial charge in [0.05, 0.1) is 23.1 Å². The topological polar surface area (TPSA) is 131 Å². The monoisotopic (exact) mass is 475 g/mol. The number of carbonyl (C=O) groups is 1. The van der Waals surface area contributed by atoms with Crippen molar-refractivity contribution in [1.82, 2.24) is 10.2 Å². The van der Waals surface area contributed by atoms with Crippen molar-refractivity contribution in [3.05, 3.63) is 29.8 Å². The van der Waals surface area contributed by atoms with Crippen molar-refractivity contribution >= 4 is 16.0 Å². The number of carbonyl (C=O) groups excluding carboxylic acids is 1. The first kappa shape index (κ1) is 24.1. The van der Waals surface area contributed by atoms with Gasteiger partial charge in [-0.05, 0) is 81.8 Å². The van der Waals surface area contributed by atoms with Crippen LogP contribution in [0.25, 0.3) is 0 Å². The maximum absolute atomic E-state index is 12.4. The molecular weight excluding hydrogens is 442 g/mol. The van der Waals surface area contributed by atoms with Gasteiger partial charge in [-0.15, -0.1) is 0 Å². The van der Waals surface area contributed by atoms with Crippen LogP contribution in [0.2, 0.25) is 0 Å². The first-order valence-corrected chi connectivity index (χ1v) is 13.2. The van der Waals surface area contributed by atoms with E-state index in [0.717, 1.165) is 44.9 Å². The summed E-state index contributed by atoms with van der Waals surface area (Å²) >= 11 is 0. The van der Waals surface area contributed by atoms with Gasteiger partial charge in [0.2, 0.25) is 5.91 Å². The summed E-state index contributed by atoms with van der Waals surface area (Å²) in [5.41, 5.74) is 0.00859. The van der Waals surface area contributed by atoms with E-state index in [1.54, 1.807) is 30.0 Å². The van der Waals surface area contributed by atoms with E-state index in [1.807, 2.05) is 0 Å². The lowest BCUT2D eigenvalue weighted by atomic mass is 9.51. The van der Waals surface area contributed by atoms with Crippen LogP contribution >= 0.6 is 0 Å². The molecule has 1 saturated heterocycles. The minimum Gasteiger partial charge on any atom is -0.390 e. The molecule has 4 saturated carbocycles. The number of aliphatic hydroxyl groups is 1. The van der Waals surface area contributed by atoms with Gasteiger partial charge in [0.25, 0.3) is 10.1 Å². The smallest absolute Gasteiger partial charge is 0.294 e. The zero-order valence-electron chi connectivity index (χ0n) is 19.0. The Balaban J connectivity index is 0.000000200. The van der Waals surface area contributed by atoms with Gasteiger partial charge >= 0.3 is 0 Å². The molecule has 9 heteroatoms. The van der Waals surface area contributed by atoms with Crippen LogP contribution in [0.5, 0.6) is 0 Å². The van der Waals surface area contributed by atoms with Gasteiger partial charge in [0, 0.05) is 12.1 Å². The predicted octanol–water partition coefficient (Wildman–Crippen LogP) is 2.42. The van der Waals surface area contributed by atoms with Gasteiger partial charge in [0.1, 0.15) is 6.04 Å². The van der Waals surface area contributed by atoms with Crippen LogP contribution in [-0.2, 0) is 14.9 Å². The number of likely N-dealkylation sites (tertiary alicyclic amines) is 1. The van der Waals surface area contributed by atoms with E-state index in [9.17, 15) is 18.3 Å². The van der Waals surface area contributed by atoms with Crippen molar-refractivity contribution in [2.75, 3.05) is 13.1 Å². The molecule has 1 aromatic carbocycles. The van der Waals surface area contributed by atoms with Crippen LogP contribution in [0.3, 0.4) is 0 Å². The number of nitriles is 1. The number of amides is 1. The molecule has 1 amide bonds. The summed E-state index contributed by atoms with van der Waals surface area (Å²) in [6.45, 7) is 2.65. The van der Waals surface area contributed by atoms with Crippen molar-refractivity contribution < 1.29 is 22.9 Å². The SMILES string of the molecule is Cc1ccccc1S(=O)(=O)O.N#C[C@@H]1CCCN1C(=O)CNC12CC3CC(CC(O)(C3)C1)C2. The lowest BCUT2D eigenvalue weighted by Gasteiger charge is -2.60. The van der Waals surface area contributed by atoms with Crippen LogP contribution in [0, 0.1) is 30.1 Å². The van der Waals surface area contributed by atoms with E-state index >= 15 is 0 Å². The molecule has 8 nitrogen and oxygen atoms in total. The number of nitrogens with one attached hydrogen (secondary N) is 1. The fourth-order valence-corrected chi connectivity index (χ4v) is 7.56. The van der Waals surface area contributed by atoms with Crippen molar-refractivity contribution in [3.8, 4) is 6.07 Å². The molecule has 0 spiro atoms. The van der Waals surface area contributed by atoms with E-state index in [4.69, 9.17) is 9.81 Å². The second-order valence-corrected chi connectivity index (χ2v) is 11.8. The Morgan fingerprint density at radius 2 is 1.91 bits per heavy atom. The van der Waals surface area contributed by atoms with E-state index in [0.29, 0.717) is 30.5 Å². The molecule has 3 N–H and O–H groups in total. The molecule has 5 fully saturated rings. The quantitative estimate of drug-likeness (QED) is 0.570. The van der Waals surface area contributed by atoms with E-state index in [1.165, 1.54) is 12.5 Å². The van der Waals surface area contributed by atoms with Crippen LogP contribution in [0.1, 0.15) is 56.9 Å². The maximum atomic E-state index is 12.4. The third-order valence-corrected chi connectivity index (χ3v) is 8.75. The number of rotatable bonds is 4. The van der Waals surface area contributed by atoms with Crippen molar-refractivity contribution in [1.29, 1.82) is 5.26 Å². The standard InChI is InChI=1S/C17H25N3O2.C7H8O3S/c18-9-14-2-1-3-20(14)15(21)10-19-16-5-12-4-13(6-16)8-17(22,7-12)11-16;1-6-4-2-3-5-7(6)11(8,9)10/h12-14,19,22H,1-8,10-11H2;2-5H,1H3,(H,8,9,10)/t12?,13?,14-,16?,17?;/m0./s1. The van der Waals surface area contributed by atoms with Crippen LogP contribution in [0.15, 0.2) is 29.2 Å². The molecule has 0 aromatic heterocycles. The molecule has 1 aromatic rings. The molecule has 4 bridgehead atoms. The molecule has 1 aliphatic heterocycles. The minimum atomic E-state index is -4.03. The van der Waals surface area contributed by atoms with Gasteiger partial charge in [0.15, 0.2) is 0 Å². The Labute approximate surface area is 195 Å². The van der Waals surface area contributed by atoms with Gasteiger partial charge in [-0.25, -0.2) is 0 Å². The lowest BCUT2D eigenvalue weighted by molar-refractivity contribution is -0.147. The molecule has 6 rings (SSSR count). The van der Waals surface area contributed by atoms with Crippen molar-refractivity contribution in [2.45, 2.75) is 80.4 Å². The largest absolute Gasteiger partial charge is 0.390 e. The Morgan fingerprint density at radius 3 is 2.45 bits per heavy atom. The zero-order valence-corrected chi connectivity index (χ0v) is 19.9. The number of hydrogen-bond acceptors (Lipinski definition) is 6.